The number of benzene rings is 1. The Bertz CT molecular complexity index is 281. The molecule has 1 aromatic rings. The van der Waals surface area contributed by atoms with Crippen LogP contribution in [0.5, 0.6) is 5.75 Å². The van der Waals surface area contributed by atoms with E-state index in [0.29, 0.717) is 12.4 Å². The maximum absolute atomic E-state index is 12.6. The first-order valence-corrected chi connectivity index (χ1v) is 4.24. The average molecular weight is 283 g/mol. The molecule has 0 radical (unpaired) electrons. The zero-order valence-electron chi connectivity index (χ0n) is 8.51. The van der Waals surface area contributed by atoms with Gasteiger partial charge in [0.1, 0.15) is 0 Å². The number of hydrogen-bond acceptors (Lipinski definition) is 1. The first-order valence-electron chi connectivity index (χ1n) is 4.24. The van der Waals surface area contributed by atoms with Gasteiger partial charge in [-0.3, -0.25) is 0 Å². The maximum Gasteiger partial charge on any atom is 2.00 e. The minimum absolute atomic E-state index is 0. The number of ether oxygens (including phenoxy) is 1. The Morgan fingerprint density at radius 2 is 2.27 bits per heavy atom. The molecule has 0 heterocycles. The van der Waals surface area contributed by atoms with Gasteiger partial charge in [0.2, 0.25) is 0 Å². The van der Waals surface area contributed by atoms with E-state index in [0.717, 1.165) is 12.8 Å². The van der Waals surface area contributed by atoms with E-state index in [4.69, 9.17) is 4.74 Å². The Labute approximate surface area is 117 Å². The van der Waals surface area contributed by atoms with Crippen molar-refractivity contribution in [3.05, 3.63) is 42.7 Å². The van der Waals surface area contributed by atoms with Gasteiger partial charge in [-0.25, -0.2) is 4.39 Å². The summed E-state index contributed by atoms with van der Waals surface area (Å²) >= 11 is 0. The number of unbranched alkanes of at least 4 members (excludes halogenated alkanes) is 1. The number of allylic oxidation sites excluding steroid dienone is 1. The Hall–Kier alpha value is -0.0638. The minimum Gasteiger partial charge on any atom is -1.00 e. The van der Waals surface area contributed by atoms with Crippen LogP contribution in [-0.4, -0.2) is 29.7 Å². The molecule has 0 aliphatic rings. The van der Waals surface area contributed by atoms with E-state index in [-0.39, 0.29) is 45.9 Å². The van der Waals surface area contributed by atoms with Crippen molar-refractivity contribution in [2.45, 2.75) is 12.8 Å². The summed E-state index contributed by atoms with van der Waals surface area (Å²) in [5.41, 5.74) is 0. The summed E-state index contributed by atoms with van der Waals surface area (Å²) in [4.78, 5) is 0. The van der Waals surface area contributed by atoms with E-state index >= 15 is 0 Å². The summed E-state index contributed by atoms with van der Waals surface area (Å²) in [6, 6.07) is 6.98. The fourth-order valence-electron chi connectivity index (χ4n) is 0.912. The van der Waals surface area contributed by atoms with Crippen LogP contribution in [0.15, 0.2) is 30.9 Å². The van der Waals surface area contributed by atoms with Gasteiger partial charge in [-0.05, 0) is 12.8 Å². The molecule has 1 rings (SSSR count). The van der Waals surface area contributed by atoms with Gasteiger partial charge in [-0.15, -0.1) is 18.7 Å². The summed E-state index contributed by atoms with van der Waals surface area (Å²) < 4.78 is 17.9. The monoisotopic (exact) mass is 282 g/mol. The molecule has 0 amide bonds. The van der Waals surface area contributed by atoms with Crippen molar-refractivity contribution in [3.8, 4) is 5.75 Å². The van der Waals surface area contributed by atoms with Crippen molar-refractivity contribution in [2.24, 2.45) is 0 Å². The fraction of sp³-hybridized carbons (Fsp3) is 0.273. The van der Waals surface area contributed by atoms with Crippen LogP contribution in [0, 0.1) is 11.9 Å². The van der Waals surface area contributed by atoms with E-state index in [1.54, 1.807) is 0 Å². The molecule has 0 atom stereocenters. The maximum atomic E-state index is 12.6. The topological polar surface area (TPSA) is 9.23 Å². The van der Waals surface area contributed by atoms with Crippen molar-refractivity contribution in [3.63, 3.8) is 0 Å². The van der Waals surface area contributed by atoms with Crippen LogP contribution in [0.3, 0.4) is 0 Å². The second kappa shape index (κ2) is 10.5. The molecule has 0 saturated carbocycles. The van der Waals surface area contributed by atoms with Crippen molar-refractivity contribution in [1.82, 2.24) is 0 Å². The number of hydrogen-bond donors (Lipinski definition) is 0. The fourth-order valence-corrected chi connectivity index (χ4v) is 0.912. The van der Waals surface area contributed by atoms with Gasteiger partial charge in [-0.1, -0.05) is 12.1 Å². The average Bonchev–Trinajstić information content (AvgIpc) is 2.13. The Morgan fingerprint density at radius 3 is 2.87 bits per heavy atom. The molecular weight excluding hydrogens is 271 g/mol. The first kappa shape index (κ1) is 17.3. The Kier molecular flexibility index (Phi) is 12.1. The van der Waals surface area contributed by atoms with Gasteiger partial charge < -0.3 is 21.7 Å². The van der Waals surface area contributed by atoms with Crippen molar-refractivity contribution < 1.29 is 26.1 Å². The summed E-state index contributed by atoms with van der Waals surface area (Å²) in [5.74, 6) is 0.168. The quantitative estimate of drug-likeness (QED) is 0.309. The zero-order valence-corrected chi connectivity index (χ0v) is 11.5. The van der Waals surface area contributed by atoms with Gasteiger partial charge in [0.25, 0.3) is 0 Å². The molecule has 0 aliphatic carbocycles. The molecular formula is C11H12BrFMgO. The van der Waals surface area contributed by atoms with E-state index in [9.17, 15) is 4.39 Å². The Balaban J connectivity index is 0. The minimum atomic E-state index is -0.294. The summed E-state index contributed by atoms with van der Waals surface area (Å²) in [7, 11) is 0. The van der Waals surface area contributed by atoms with Crippen LogP contribution in [0.25, 0.3) is 0 Å². The van der Waals surface area contributed by atoms with Gasteiger partial charge in [0, 0.05) is 11.6 Å². The largest absolute Gasteiger partial charge is 2.00 e. The molecule has 0 saturated heterocycles. The van der Waals surface area contributed by atoms with Crippen LogP contribution in [0.2, 0.25) is 0 Å². The summed E-state index contributed by atoms with van der Waals surface area (Å²) in [6.45, 7) is 4.17. The SMILES string of the molecule is C=CCCCOc1[c-]ccc(F)c1.[Br-].[Mg+2]. The Morgan fingerprint density at radius 1 is 1.53 bits per heavy atom. The zero-order chi connectivity index (χ0) is 9.52. The third-order valence-electron chi connectivity index (χ3n) is 1.55. The van der Waals surface area contributed by atoms with Gasteiger partial charge >= 0.3 is 23.1 Å². The van der Waals surface area contributed by atoms with Crippen molar-refractivity contribution >= 4 is 23.1 Å². The molecule has 0 fully saturated rings. The third kappa shape index (κ3) is 7.82. The molecule has 0 spiro atoms. The van der Waals surface area contributed by atoms with Crippen LogP contribution in [0.4, 0.5) is 4.39 Å². The second-order valence-corrected chi connectivity index (χ2v) is 2.65. The molecule has 0 unspecified atom stereocenters. The second-order valence-electron chi connectivity index (χ2n) is 2.65. The number of halogens is 2. The molecule has 0 bridgehead atoms. The van der Waals surface area contributed by atoms with E-state index in [1.807, 2.05) is 6.08 Å². The summed E-state index contributed by atoms with van der Waals surface area (Å²) in [5, 5.41) is 0. The van der Waals surface area contributed by atoms with Gasteiger partial charge in [0.05, 0.1) is 6.61 Å². The van der Waals surface area contributed by atoms with Crippen LogP contribution in [-0.2, 0) is 0 Å². The molecule has 1 nitrogen and oxygen atoms in total. The van der Waals surface area contributed by atoms with Crippen molar-refractivity contribution in [1.29, 1.82) is 0 Å². The van der Waals surface area contributed by atoms with E-state index in [1.165, 1.54) is 18.2 Å². The normalized spacial score (nSPS) is 8.33. The van der Waals surface area contributed by atoms with E-state index in [2.05, 4.69) is 12.6 Å². The van der Waals surface area contributed by atoms with Crippen LogP contribution in [0.1, 0.15) is 12.8 Å². The van der Waals surface area contributed by atoms with Crippen molar-refractivity contribution in [2.75, 3.05) is 6.61 Å². The van der Waals surface area contributed by atoms with E-state index < -0.39 is 0 Å². The molecule has 0 N–H and O–H groups in total. The third-order valence-corrected chi connectivity index (χ3v) is 1.55. The first-order chi connectivity index (χ1) is 6.33. The summed E-state index contributed by atoms with van der Waals surface area (Å²) in [6.07, 6.45) is 3.64. The molecule has 78 valence electrons. The predicted molar refractivity (Wildman–Crippen MR) is 55.9 cm³/mol. The van der Waals surface area contributed by atoms with Gasteiger partial charge in [-0.2, -0.15) is 6.07 Å². The molecule has 0 aromatic heterocycles. The van der Waals surface area contributed by atoms with Crippen LogP contribution >= 0.6 is 0 Å². The molecule has 0 aliphatic heterocycles. The molecule has 1 aromatic carbocycles. The predicted octanol–water partition coefficient (Wildman–Crippen LogP) is -0.406. The van der Waals surface area contributed by atoms with Gasteiger partial charge in [0.15, 0.2) is 0 Å². The smallest absolute Gasteiger partial charge is 1.00 e. The molecule has 4 heteroatoms. The standard InChI is InChI=1S/C11H12FO.BrH.Mg/c1-2-3-4-8-13-11-7-5-6-10(12)9-11;;/h2,5-6,9H,1,3-4,8H2;1H;/q-1;;+2/p-1. The van der Waals surface area contributed by atoms with Crippen LogP contribution < -0.4 is 21.7 Å². The number of rotatable bonds is 5. The molecule has 15 heavy (non-hydrogen) atoms.